The van der Waals surface area contributed by atoms with Crippen molar-refractivity contribution in [3.05, 3.63) is 27.9 Å². The van der Waals surface area contributed by atoms with Gasteiger partial charge in [-0.3, -0.25) is 0 Å². The third kappa shape index (κ3) is 1.72. The quantitative estimate of drug-likeness (QED) is 0.821. The summed E-state index contributed by atoms with van der Waals surface area (Å²) in [5.41, 5.74) is 1.44. The first kappa shape index (κ1) is 10.1. The molecule has 0 saturated carbocycles. The van der Waals surface area contributed by atoms with Crippen LogP contribution in [-0.2, 0) is 6.42 Å². The fraction of sp³-hybridized carbons (Fsp3) is 0.222. The van der Waals surface area contributed by atoms with Crippen LogP contribution < -0.4 is 0 Å². The van der Waals surface area contributed by atoms with Crippen molar-refractivity contribution in [1.82, 2.24) is 5.16 Å². The van der Waals surface area contributed by atoms with Crippen LogP contribution in [0.4, 0.5) is 0 Å². The molecule has 0 aliphatic carbocycles. The van der Waals surface area contributed by atoms with Crippen LogP contribution in [0, 0.1) is 0 Å². The van der Waals surface area contributed by atoms with E-state index in [1.54, 1.807) is 12.1 Å². The fourth-order valence-electron chi connectivity index (χ4n) is 1.30. The molecule has 0 fully saturated rings. The first-order valence-electron chi connectivity index (χ1n) is 4.06. The highest BCUT2D eigenvalue weighted by atomic mass is 35.5. The van der Waals surface area contributed by atoms with Crippen molar-refractivity contribution in [2.75, 3.05) is 5.75 Å². The van der Waals surface area contributed by atoms with Crippen LogP contribution in [0.15, 0.2) is 16.7 Å². The van der Waals surface area contributed by atoms with Crippen molar-refractivity contribution in [2.45, 2.75) is 6.42 Å². The molecular formula is C9H7Cl2NOS. The van der Waals surface area contributed by atoms with E-state index in [4.69, 9.17) is 27.7 Å². The number of fused-ring (bicyclic) bond motifs is 1. The topological polar surface area (TPSA) is 26.0 Å². The number of nitrogens with zero attached hydrogens (tertiary/aromatic N) is 1. The number of hydrogen-bond acceptors (Lipinski definition) is 3. The second kappa shape index (κ2) is 4.01. The van der Waals surface area contributed by atoms with Gasteiger partial charge >= 0.3 is 0 Å². The molecule has 74 valence electrons. The van der Waals surface area contributed by atoms with Crippen molar-refractivity contribution in [3.63, 3.8) is 0 Å². The number of benzene rings is 1. The van der Waals surface area contributed by atoms with E-state index >= 15 is 0 Å². The first-order valence-corrected chi connectivity index (χ1v) is 5.45. The lowest BCUT2D eigenvalue weighted by Gasteiger charge is -1.94. The Morgan fingerprint density at radius 1 is 1.36 bits per heavy atom. The molecule has 0 aliphatic heterocycles. The molecule has 0 unspecified atom stereocenters. The lowest BCUT2D eigenvalue weighted by atomic mass is 10.2. The highest BCUT2D eigenvalue weighted by molar-refractivity contribution is 7.80. The van der Waals surface area contributed by atoms with Crippen LogP contribution in [-0.4, -0.2) is 10.9 Å². The molecule has 1 heterocycles. The van der Waals surface area contributed by atoms with Crippen molar-refractivity contribution >= 4 is 46.8 Å². The maximum Gasteiger partial charge on any atom is 0.185 e. The van der Waals surface area contributed by atoms with Crippen LogP contribution in [0.5, 0.6) is 0 Å². The van der Waals surface area contributed by atoms with Gasteiger partial charge in [-0.1, -0.05) is 28.4 Å². The standard InChI is InChI=1S/C9H7Cl2NOS/c10-5-3-6-8(1-2-14)12-13-9(6)7(11)4-5/h3-4,14H,1-2H2. The zero-order valence-electron chi connectivity index (χ0n) is 7.13. The molecule has 0 atom stereocenters. The zero-order valence-corrected chi connectivity index (χ0v) is 9.53. The smallest absolute Gasteiger partial charge is 0.185 e. The van der Waals surface area contributed by atoms with Crippen molar-refractivity contribution in [3.8, 4) is 0 Å². The van der Waals surface area contributed by atoms with E-state index in [-0.39, 0.29) is 0 Å². The van der Waals surface area contributed by atoms with E-state index in [0.717, 1.165) is 17.5 Å². The highest BCUT2D eigenvalue weighted by Gasteiger charge is 2.11. The van der Waals surface area contributed by atoms with Gasteiger partial charge in [-0.15, -0.1) is 0 Å². The lowest BCUT2D eigenvalue weighted by Crippen LogP contribution is -1.85. The Hall–Kier alpha value is -0.380. The second-order valence-corrected chi connectivity index (χ2v) is 4.16. The Balaban J connectivity index is 2.66. The zero-order chi connectivity index (χ0) is 10.1. The molecule has 14 heavy (non-hydrogen) atoms. The molecule has 1 aromatic heterocycles. The maximum absolute atomic E-state index is 5.94. The first-order chi connectivity index (χ1) is 6.72. The molecule has 0 bridgehead atoms. The van der Waals surface area contributed by atoms with Gasteiger partial charge in [-0.2, -0.15) is 12.6 Å². The molecule has 2 nitrogen and oxygen atoms in total. The van der Waals surface area contributed by atoms with E-state index in [0.29, 0.717) is 21.4 Å². The van der Waals surface area contributed by atoms with Crippen molar-refractivity contribution < 1.29 is 4.52 Å². The van der Waals surface area contributed by atoms with Crippen LogP contribution in [0.1, 0.15) is 5.69 Å². The monoisotopic (exact) mass is 247 g/mol. The van der Waals surface area contributed by atoms with E-state index in [9.17, 15) is 0 Å². The summed E-state index contributed by atoms with van der Waals surface area (Å²) in [5.74, 6) is 0.714. The molecule has 0 spiro atoms. The van der Waals surface area contributed by atoms with Gasteiger partial charge in [0.1, 0.15) is 0 Å². The Kier molecular flexibility index (Phi) is 2.91. The second-order valence-electron chi connectivity index (χ2n) is 2.87. The van der Waals surface area contributed by atoms with Crippen LogP contribution in [0.25, 0.3) is 11.0 Å². The normalized spacial score (nSPS) is 11.1. The molecule has 5 heteroatoms. The number of rotatable bonds is 2. The van der Waals surface area contributed by atoms with Gasteiger partial charge in [-0.05, 0) is 17.9 Å². The molecule has 2 rings (SSSR count). The molecule has 0 radical (unpaired) electrons. The maximum atomic E-state index is 5.94. The van der Waals surface area contributed by atoms with Gasteiger partial charge < -0.3 is 4.52 Å². The number of halogens is 2. The number of aryl methyl sites for hydroxylation is 1. The number of aromatic nitrogens is 1. The summed E-state index contributed by atoms with van der Waals surface area (Å²) in [7, 11) is 0. The Morgan fingerprint density at radius 3 is 2.86 bits per heavy atom. The lowest BCUT2D eigenvalue weighted by molar-refractivity contribution is 0.447. The summed E-state index contributed by atoms with van der Waals surface area (Å²) >= 11 is 16.0. The van der Waals surface area contributed by atoms with E-state index in [1.165, 1.54) is 0 Å². The van der Waals surface area contributed by atoms with Gasteiger partial charge in [0.15, 0.2) is 5.58 Å². The van der Waals surface area contributed by atoms with Crippen LogP contribution in [0.3, 0.4) is 0 Å². The Labute approximate surface area is 96.6 Å². The van der Waals surface area contributed by atoms with E-state index in [1.807, 2.05) is 0 Å². The largest absolute Gasteiger partial charge is 0.354 e. The Morgan fingerprint density at radius 2 is 2.14 bits per heavy atom. The summed E-state index contributed by atoms with van der Waals surface area (Å²) in [6.45, 7) is 0. The van der Waals surface area contributed by atoms with Gasteiger partial charge in [0.25, 0.3) is 0 Å². The Bertz CT molecular complexity index is 469. The van der Waals surface area contributed by atoms with E-state index < -0.39 is 0 Å². The summed E-state index contributed by atoms with van der Waals surface area (Å²) in [5, 5.41) is 5.87. The third-order valence-electron chi connectivity index (χ3n) is 1.92. The van der Waals surface area contributed by atoms with Gasteiger partial charge in [0.2, 0.25) is 0 Å². The van der Waals surface area contributed by atoms with Crippen molar-refractivity contribution in [2.24, 2.45) is 0 Å². The minimum Gasteiger partial charge on any atom is -0.354 e. The van der Waals surface area contributed by atoms with Gasteiger partial charge in [0.05, 0.1) is 10.7 Å². The molecular weight excluding hydrogens is 241 g/mol. The van der Waals surface area contributed by atoms with Gasteiger partial charge in [0, 0.05) is 16.8 Å². The molecule has 0 saturated heterocycles. The number of hydrogen-bond donors (Lipinski definition) is 1. The predicted molar refractivity (Wildman–Crippen MR) is 61.6 cm³/mol. The highest BCUT2D eigenvalue weighted by Crippen LogP contribution is 2.30. The summed E-state index contributed by atoms with van der Waals surface area (Å²) in [6.07, 6.45) is 0.743. The fourth-order valence-corrected chi connectivity index (χ4v) is 2.04. The molecule has 1 aromatic carbocycles. The molecule has 0 N–H and O–H groups in total. The third-order valence-corrected chi connectivity index (χ3v) is 2.64. The predicted octanol–water partition coefficient (Wildman–Crippen LogP) is 3.61. The van der Waals surface area contributed by atoms with Crippen LogP contribution in [0.2, 0.25) is 10.0 Å². The minimum absolute atomic E-state index is 0.491. The summed E-state index contributed by atoms with van der Waals surface area (Å²) < 4.78 is 5.11. The van der Waals surface area contributed by atoms with Crippen LogP contribution >= 0.6 is 35.8 Å². The summed E-state index contributed by atoms with van der Waals surface area (Å²) in [4.78, 5) is 0. The van der Waals surface area contributed by atoms with Crippen molar-refractivity contribution in [1.29, 1.82) is 0 Å². The molecule has 0 amide bonds. The SMILES string of the molecule is SCCc1noc2c(Cl)cc(Cl)cc12. The van der Waals surface area contributed by atoms with Gasteiger partial charge in [-0.25, -0.2) is 0 Å². The minimum atomic E-state index is 0.491. The molecule has 2 aromatic rings. The molecule has 0 aliphatic rings. The average Bonchev–Trinajstić information content (AvgIpc) is 2.49. The summed E-state index contributed by atoms with van der Waals surface area (Å²) in [6, 6.07) is 3.44. The average molecular weight is 248 g/mol. The van der Waals surface area contributed by atoms with E-state index in [2.05, 4.69) is 17.8 Å². The number of thiol groups is 1.